The summed E-state index contributed by atoms with van der Waals surface area (Å²) in [7, 11) is 0. The molecule has 2 bridgehead atoms. The van der Waals surface area contributed by atoms with Gasteiger partial charge in [-0.15, -0.1) is 13.2 Å². The number of aryl methyl sites for hydroxylation is 1. The number of fused-ring (bicyclic) bond motifs is 3. The van der Waals surface area contributed by atoms with Gasteiger partial charge in [-0.25, -0.2) is 15.0 Å². The van der Waals surface area contributed by atoms with Gasteiger partial charge in [-0.05, 0) is 37.6 Å². The van der Waals surface area contributed by atoms with Crippen molar-refractivity contribution in [1.82, 2.24) is 20.3 Å². The number of hydrogen-bond donors (Lipinski definition) is 2. The van der Waals surface area contributed by atoms with E-state index in [0.29, 0.717) is 34.8 Å². The van der Waals surface area contributed by atoms with Gasteiger partial charge >= 0.3 is 6.36 Å². The van der Waals surface area contributed by atoms with Crippen LogP contribution >= 0.6 is 11.6 Å². The molecule has 0 spiro atoms. The molecule has 2 N–H and O–H groups in total. The van der Waals surface area contributed by atoms with Gasteiger partial charge in [0, 0.05) is 31.2 Å². The van der Waals surface area contributed by atoms with Crippen LogP contribution in [0.25, 0.3) is 11.0 Å². The second kappa shape index (κ2) is 9.00. The Morgan fingerprint density at radius 3 is 2.77 bits per heavy atom. The van der Waals surface area contributed by atoms with Crippen LogP contribution in [0.1, 0.15) is 12.1 Å². The Morgan fingerprint density at radius 1 is 1.26 bits per heavy atom. The Morgan fingerprint density at radius 2 is 2.09 bits per heavy atom. The van der Waals surface area contributed by atoms with Crippen LogP contribution in [0, 0.1) is 6.92 Å². The van der Waals surface area contributed by atoms with Gasteiger partial charge in [0.25, 0.3) is 5.91 Å². The van der Waals surface area contributed by atoms with Crippen molar-refractivity contribution < 1.29 is 27.4 Å². The van der Waals surface area contributed by atoms with Gasteiger partial charge in [0.15, 0.2) is 6.61 Å². The Bertz CT molecular complexity index is 1290. The number of amides is 1. The van der Waals surface area contributed by atoms with Crippen molar-refractivity contribution in [3.8, 4) is 11.5 Å². The average molecular weight is 509 g/mol. The van der Waals surface area contributed by atoms with E-state index in [4.69, 9.17) is 16.3 Å². The second-order valence-corrected chi connectivity index (χ2v) is 8.70. The Balaban J connectivity index is 1.23. The summed E-state index contributed by atoms with van der Waals surface area (Å²) in [5.41, 5.74) is 1.93. The first-order chi connectivity index (χ1) is 16.6. The summed E-state index contributed by atoms with van der Waals surface area (Å²) >= 11 is 5.93. The smallest absolute Gasteiger partial charge is 0.482 e. The van der Waals surface area contributed by atoms with Crippen LogP contribution in [0.5, 0.6) is 11.5 Å². The molecule has 5 rings (SSSR count). The Labute approximate surface area is 202 Å². The molecule has 3 aromatic rings. The minimum atomic E-state index is -4.84. The second-order valence-electron chi connectivity index (χ2n) is 8.30. The number of alkyl halides is 3. The van der Waals surface area contributed by atoms with Crippen molar-refractivity contribution in [2.75, 3.05) is 29.9 Å². The van der Waals surface area contributed by atoms with Crippen LogP contribution in [0.15, 0.2) is 30.3 Å². The molecular weight excluding hydrogens is 489 g/mol. The number of benzene rings is 1. The largest absolute Gasteiger partial charge is 0.573 e. The summed E-state index contributed by atoms with van der Waals surface area (Å²) in [6.45, 7) is 3.21. The highest BCUT2D eigenvalue weighted by Crippen LogP contribution is 2.32. The third kappa shape index (κ3) is 5.17. The summed E-state index contributed by atoms with van der Waals surface area (Å²) in [5, 5.41) is 5.94. The highest BCUT2D eigenvalue weighted by molar-refractivity contribution is 6.32. The maximum atomic E-state index is 12.3. The third-order valence-corrected chi connectivity index (χ3v) is 6.08. The number of rotatable bonds is 6. The van der Waals surface area contributed by atoms with Gasteiger partial charge < -0.3 is 25.0 Å². The van der Waals surface area contributed by atoms with Gasteiger partial charge in [0.1, 0.15) is 22.8 Å². The van der Waals surface area contributed by atoms with Gasteiger partial charge in [-0.3, -0.25) is 4.79 Å². The summed E-state index contributed by atoms with van der Waals surface area (Å²) in [4.78, 5) is 28.3. The molecular formula is C22H20ClF3N6O3. The minimum absolute atomic E-state index is 0.0328. The first-order valence-corrected chi connectivity index (χ1v) is 11.2. The van der Waals surface area contributed by atoms with E-state index in [1.54, 1.807) is 12.1 Å². The number of carbonyl (C=O) groups excluding carboxylic acids is 1. The number of nitrogens with one attached hydrogen (secondary N) is 2. The van der Waals surface area contributed by atoms with E-state index in [-0.39, 0.29) is 16.6 Å². The number of ether oxygens (including phenoxy) is 2. The molecule has 0 aliphatic carbocycles. The van der Waals surface area contributed by atoms with E-state index in [2.05, 4.69) is 35.2 Å². The number of pyridine rings is 1. The van der Waals surface area contributed by atoms with E-state index in [9.17, 15) is 18.0 Å². The normalized spacial score (nSPS) is 19.3. The molecule has 1 aromatic carbocycles. The average Bonchev–Trinajstić information content (AvgIpc) is 3.42. The van der Waals surface area contributed by atoms with Crippen LogP contribution in [0.4, 0.5) is 24.9 Å². The molecule has 13 heteroatoms. The van der Waals surface area contributed by atoms with Crippen LogP contribution in [-0.4, -0.2) is 59.0 Å². The minimum Gasteiger partial charge on any atom is -0.482 e. The molecule has 2 atom stereocenters. The monoisotopic (exact) mass is 508 g/mol. The fraction of sp³-hybridized carbons (Fsp3) is 0.364. The summed E-state index contributed by atoms with van der Waals surface area (Å²) < 4.78 is 46.0. The number of halogens is 4. The number of nitrogens with zero attached hydrogens (tertiary/aromatic N) is 4. The zero-order valence-electron chi connectivity index (χ0n) is 18.4. The SMILES string of the molecule is Cc1nc(N2CC3CC2CN3)nc2ccc(NC(=O)COc3ccc(OC(F)(F)F)cc3Cl)nc12. The number of aromatic nitrogens is 3. The highest BCUT2D eigenvalue weighted by atomic mass is 35.5. The lowest BCUT2D eigenvalue weighted by atomic mass is 10.2. The maximum absolute atomic E-state index is 12.3. The number of piperazine rings is 1. The predicted octanol–water partition coefficient (Wildman–Crippen LogP) is 3.45. The van der Waals surface area contributed by atoms with Crippen LogP contribution < -0.4 is 25.0 Å². The maximum Gasteiger partial charge on any atom is 0.573 e. The first-order valence-electron chi connectivity index (χ1n) is 10.8. The van der Waals surface area contributed by atoms with E-state index in [1.165, 1.54) is 6.07 Å². The van der Waals surface area contributed by atoms with Gasteiger partial charge in [-0.2, -0.15) is 0 Å². The molecule has 2 fully saturated rings. The molecule has 2 unspecified atom stereocenters. The molecule has 9 nitrogen and oxygen atoms in total. The molecule has 2 aliphatic rings. The summed E-state index contributed by atoms with van der Waals surface area (Å²) in [6.07, 6.45) is -3.75. The first kappa shape index (κ1) is 23.4. The van der Waals surface area contributed by atoms with Crippen molar-refractivity contribution in [3.05, 3.63) is 41.0 Å². The summed E-state index contributed by atoms with van der Waals surface area (Å²) in [5.74, 6) is -0.0199. The van der Waals surface area contributed by atoms with E-state index < -0.39 is 24.6 Å². The van der Waals surface area contributed by atoms with Crippen LogP contribution in [0.3, 0.4) is 0 Å². The van der Waals surface area contributed by atoms with E-state index in [0.717, 1.165) is 31.6 Å². The van der Waals surface area contributed by atoms with Crippen LogP contribution in [-0.2, 0) is 4.79 Å². The Kier molecular flexibility index (Phi) is 6.01. The van der Waals surface area contributed by atoms with Gasteiger partial charge in [0.05, 0.1) is 16.2 Å². The van der Waals surface area contributed by atoms with E-state index in [1.807, 2.05) is 6.92 Å². The predicted molar refractivity (Wildman–Crippen MR) is 122 cm³/mol. The standard InChI is InChI=1S/C22H20ClF3N6O3/c1-11-20-16(29-21(28-11)32-9-12-6-13(32)8-27-12)3-5-18(31-20)30-19(33)10-34-17-4-2-14(7-15(17)23)35-22(24,25)26/h2-5,7,12-13,27H,6,8-10H2,1H3,(H,30,31,33). The summed E-state index contributed by atoms with van der Waals surface area (Å²) in [6, 6.07) is 7.44. The Hall–Kier alpha value is -3.38. The molecule has 2 aliphatic heterocycles. The van der Waals surface area contributed by atoms with Crippen molar-refractivity contribution in [2.45, 2.75) is 31.8 Å². The van der Waals surface area contributed by atoms with Crippen molar-refractivity contribution >= 4 is 40.3 Å². The quantitative estimate of drug-likeness (QED) is 0.522. The molecule has 2 aromatic heterocycles. The lowest BCUT2D eigenvalue weighted by Gasteiger charge is -2.27. The number of hydrogen-bond acceptors (Lipinski definition) is 8. The van der Waals surface area contributed by atoms with Gasteiger partial charge in [0.2, 0.25) is 5.95 Å². The highest BCUT2D eigenvalue weighted by Gasteiger charge is 2.39. The third-order valence-electron chi connectivity index (χ3n) is 5.78. The topological polar surface area (TPSA) is 102 Å². The number of anilines is 2. The van der Waals surface area contributed by atoms with Crippen molar-refractivity contribution in [1.29, 1.82) is 0 Å². The molecule has 0 saturated carbocycles. The van der Waals surface area contributed by atoms with Crippen molar-refractivity contribution in [2.24, 2.45) is 0 Å². The molecule has 2 saturated heterocycles. The molecule has 35 heavy (non-hydrogen) atoms. The zero-order valence-corrected chi connectivity index (χ0v) is 19.2. The lowest BCUT2D eigenvalue weighted by molar-refractivity contribution is -0.274. The molecule has 4 heterocycles. The number of carbonyl (C=O) groups is 1. The molecule has 1 amide bonds. The molecule has 0 radical (unpaired) electrons. The van der Waals surface area contributed by atoms with E-state index >= 15 is 0 Å². The zero-order chi connectivity index (χ0) is 24.7. The molecule has 184 valence electrons. The van der Waals surface area contributed by atoms with Crippen LogP contribution in [0.2, 0.25) is 5.02 Å². The fourth-order valence-corrected chi connectivity index (χ4v) is 4.49. The van der Waals surface area contributed by atoms with Crippen molar-refractivity contribution in [3.63, 3.8) is 0 Å². The lowest BCUT2D eigenvalue weighted by Crippen LogP contribution is -2.44. The van der Waals surface area contributed by atoms with Gasteiger partial charge in [-0.1, -0.05) is 11.6 Å². The fourth-order valence-electron chi connectivity index (χ4n) is 4.27.